The molecule has 0 aromatic heterocycles. The van der Waals surface area contributed by atoms with Crippen LogP contribution in [0.2, 0.25) is 22.6 Å². The minimum atomic E-state index is -0.650. The highest BCUT2D eigenvalue weighted by atomic mass is 27.2. The summed E-state index contributed by atoms with van der Waals surface area (Å²) in [6.07, 6.45) is 2.73. The number of hydrogen-bond donors (Lipinski definition) is 0. The Hall–Kier alpha value is 0.985. The molecular weight excluding hydrogens is 182 g/mol. The van der Waals surface area contributed by atoms with Crippen LogP contribution in [0.4, 0.5) is 0 Å². The molecule has 1 saturated heterocycles. The summed E-state index contributed by atoms with van der Waals surface area (Å²) in [6, 6.07) is 0. The van der Waals surface area contributed by atoms with Crippen LogP contribution in [0.5, 0.6) is 0 Å². The molecule has 0 N–H and O–H groups in total. The summed E-state index contributed by atoms with van der Waals surface area (Å²) < 4.78 is 10.3. The molecule has 0 radical (unpaired) electrons. The van der Waals surface area contributed by atoms with Gasteiger partial charge in [0.25, 0.3) is 0 Å². The van der Waals surface area contributed by atoms with Gasteiger partial charge in [0.15, 0.2) is 0 Å². The van der Waals surface area contributed by atoms with Gasteiger partial charge < -0.3 is 7.58 Å². The van der Waals surface area contributed by atoms with Crippen molar-refractivity contribution in [1.29, 1.82) is 0 Å². The molecule has 1 heterocycles. The summed E-state index contributed by atoms with van der Waals surface area (Å²) in [5.41, 5.74) is 0. The number of rotatable bonds is 1. The van der Waals surface area contributed by atoms with Crippen molar-refractivity contribution in [2.75, 3.05) is 13.7 Å². The average molecular weight is 202 g/mol. The molecule has 0 spiro atoms. The van der Waals surface area contributed by atoms with Gasteiger partial charge in [-0.15, -0.1) is 0 Å². The normalized spacial score (nSPS) is 16.5. The van der Waals surface area contributed by atoms with Crippen molar-refractivity contribution < 1.29 is 7.58 Å². The zero-order chi connectivity index (χ0) is 9.40. The van der Waals surface area contributed by atoms with Gasteiger partial charge in [-0.25, -0.2) is 0 Å². The van der Waals surface area contributed by atoms with E-state index in [0.717, 1.165) is 6.61 Å². The van der Waals surface area contributed by atoms with Crippen molar-refractivity contribution in [3.8, 4) is 0 Å². The highest BCUT2D eigenvalue weighted by molar-refractivity contribution is 6.50. The molecule has 2 nitrogen and oxygen atoms in total. The Balaban J connectivity index is 0.000000217. The van der Waals surface area contributed by atoms with Crippen molar-refractivity contribution in [2.24, 2.45) is 0 Å². The molecule has 1 fully saturated rings. The molecule has 1 aliphatic rings. The van der Waals surface area contributed by atoms with E-state index < -0.39 is 29.0 Å². The molecule has 70 valence electrons. The Labute approximate surface area is 85.7 Å². The smallest absolute Gasteiger partial charge is 0.457 e. The highest BCUT2D eigenvalue weighted by Crippen LogP contribution is 2.09. The van der Waals surface area contributed by atoms with Crippen molar-refractivity contribution in [2.45, 2.75) is 35.5 Å². The van der Waals surface area contributed by atoms with Gasteiger partial charge in [-0.2, -0.15) is 0 Å². The maximum atomic E-state index is 5.42. The summed E-state index contributed by atoms with van der Waals surface area (Å²) >= 11 is -1.24. The van der Waals surface area contributed by atoms with E-state index in [1.54, 1.807) is 7.11 Å². The third kappa shape index (κ3) is 9.08. The zero-order valence-corrected chi connectivity index (χ0v) is 11.1. The quantitative estimate of drug-likeness (QED) is 0.607. The van der Waals surface area contributed by atoms with Gasteiger partial charge in [-0.05, 0) is 6.42 Å². The van der Waals surface area contributed by atoms with Gasteiger partial charge in [-0.1, -0.05) is 29.1 Å². The third-order valence-corrected chi connectivity index (χ3v) is 4.85. The summed E-state index contributed by atoms with van der Waals surface area (Å²) in [5.74, 6) is 6.55. The molecule has 1 rings (SSSR count). The van der Waals surface area contributed by atoms with Gasteiger partial charge in [-0.3, -0.25) is 0 Å². The van der Waals surface area contributed by atoms with Crippen LogP contribution in [0.25, 0.3) is 0 Å². The van der Waals surface area contributed by atoms with Gasteiger partial charge in [0, 0.05) is 13.7 Å². The fourth-order valence-corrected chi connectivity index (χ4v) is 2.50. The second-order valence-electron chi connectivity index (χ2n) is 3.46. The second-order valence-corrected chi connectivity index (χ2v) is 8.56. The van der Waals surface area contributed by atoms with Gasteiger partial charge >= 0.3 is 29.0 Å². The Morgan fingerprint density at radius 2 is 1.92 bits per heavy atom. The summed E-state index contributed by atoms with van der Waals surface area (Å²) in [7, 11) is 1.76. The molecule has 1 aliphatic heterocycles. The molecular formula is C8H20Al2O2. The molecule has 0 bridgehead atoms. The fraction of sp³-hybridized carbons (Fsp3) is 1.00. The van der Waals surface area contributed by atoms with Crippen LogP contribution in [-0.4, -0.2) is 42.7 Å². The molecule has 0 atom stereocenters. The second kappa shape index (κ2) is 8.58. The molecule has 0 aromatic rings. The van der Waals surface area contributed by atoms with Crippen molar-refractivity contribution in [3.05, 3.63) is 0 Å². The Kier molecular flexibility index (Phi) is 9.28. The summed E-state index contributed by atoms with van der Waals surface area (Å²) in [4.78, 5) is 0. The fourth-order valence-electron chi connectivity index (χ4n) is 0.902. The van der Waals surface area contributed by atoms with E-state index in [1.807, 2.05) is 0 Å². The Morgan fingerprint density at radius 3 is 2.08 bits per heavy atom. The van der Waals surface area contributed by atoms with E-state index in [2.05, 4.69) is 17.4 Å². The predicted molar refractivity (Wildman–Crippen MR) is 56.1 cm³/mol. The molecule has 0 saturated carbocycles. The first-order valence-corrected chi connectivity index (χ1v) is 10.0. The predicted octanol–water partition coefficient (Wildman–Crippen LogP) is 2.30. The van der Waals surface area contributed by atoms with E-state index in [-0.39, 0.29) is 0 Å². The first-order chi connectivity index (χ1) is 5.66. The summed E-state index contributed by atoms with van der Waals surface area (Å²) in [6.45, 7) is 1.05. The molecule has 0 unspecified atom stereocenters. The van der Waals surface area contributed by atoms with E-state index in [4.69, 9.17) is 7.58 Å². The average Bonchev–Trinajstić information content (AvgIpc) is 2.07. The topological polar surface area (TPSA) is 18.5 Å². The standard InChI is InChI=1S/C4H8O.CH3O.3CH3.2Al/c1-2-3-4-5;1-2;;;;;/h1-4H2;1H3;3*1H3;;/q2*-1;;;;2*+1. The number of hydrogen-bond acceptors (Lipinski definition) is 2. The van der Waals surface area contributed by atoms with Crippen LogP contribution in [0.15, 0.2) is 0 Å². The highest BCUT2D eigenvalue weighted by Gasteiger charge is 2.15. The monoisotopic (exact) mass is 202 g/mol. The molecule has 0 aliphatic carbocycles. The lowest BCUT2D eigenvalue weighted by Gasteiger charge is -2.13. The maximum absolute atomic E-state index is 5.42. The van der Waals surface area contributed by atoms with E-state index in [9.17, 15) is 0 Å². The molecule has 12 heavy (non-hydrogen) atoms. The van der Waals surface area contributed by atoms with E-state index >= 15 is 0 Å². The van der Waals surface area contributed by atoms with Crippen LogP contribution >= 0.6 is 0 Å². The maximum Gasteiger partial charge on any atom is 0.457 e. The van der Waals surface area contributed by atoms with Gasteiger partial charge in [0.1, 0.15) is 0 Å². The lowest BCUT2D eigenvalue weighted by molar-refractivity contribution is 0.291. The molecule has 0 aromatic carbocycles. The first kappa shape index (κ1) is 13.0. The van der Waals surface area contributed by atoms with Crippen LogP contribution in [0.1, 0.15) is 12.8 Å². The minimum absolute atomic E-state index is 0.595. The van der Waals surface area contributed by atoms with Crippen LogP contribution in [0.3, 0.4) is 0 Å². The first-order valence-electron chi connectivity index (χ1n) is 4.81. The van der Waals surface area contributed by atoms with Crippen LogP contribution in [-0.2, 0) is 7.58 Å². The largest absolute Gasteiger partial charge is 0.503 e. The minimum Gasteiger partial charge on any atom is -0.503 e. The summed E-state index contributed by atoms with van der Waals surface area (Å²) in [5, 5.41) is 1.40. The lowest BCUT2D eigenvalue weighted by Crippen LogP contribution is -2.18. The third-order valence-electron chi connectivity index (χ3n) is 1.88. The van der Waals surface area contributed by atoms with Crippen molar-refractivity contribution in [1.82, 2.24) is 0 Å². The zero-order valence-electron chi connectivity index (χ0n) is 8.80. The van der Waals surface area contributed by atoms with Gasteiger partial charge in [0.2, 0.25) is 0 Å². The van der Waals surface area contributed by atoms with Crippen molar-refractivity contribution in [3.63, 3.8) is 0 Å². The Morgan fingerprint density at radius 1 is 1.33 bits per heavy atom. The SMILES string of the molecule is C[O][Al]([CH3])[CH3].[CH3][Al]1[CH2]CCC[O]1. The van der Waals surface area contributed by atoms with E-state index in [1.165, 1.54) is 18.1 Å². The van der Waals surface area contributed by atoms with E-state index in [0.29, 0.717) is 0 Å². The molecule has 4 heteroatoms. The molecule has 0 amide bonds. The van der Waals surface area contributed by atoms with Crippen LogP contribution in [0, 0.1) is 0 Å². The lowest BCUT2D eigenvalue weighted by atomic mass is 10.4. The van der Waals surface area contributed by atoms with Crippen molar-refractivity contribution >= 4 is 29.0 Å². The van der Waals surface area contributed by atoms with Crippen LogP contribution < -0.4 is 0 Å². The van der Waals surface area contributed by atoms with Gasteiger partial charge in [0.05, 0.1) is 0 Å². The Bertz CT molecular complexity index is 93.1.